The van der Waals surface area contributed by atoms with Crippen molar-refractivity contribution in [3.8, 4) is 5.75 Å². The molecule has 0 radical (unpaired) electrons. The van der Waals surface area contributed by atoms with Gasteiger partial charge in [0.25, 0.3) is 10.1 Å². The summed E-state index contributed by atoms with van der Waals surface area (Å²) in [5.41, 5.74) is 10.3. The molecule has 0 bridgehead atoms. The van der Waals surface area contributed by atoms with Gasteiger partial charge in [-0.25, -0.2) is 4.18 Å². The molecule has 0 aliphatic rings. The second kappa shape index (κ2) is 14.3. The number of benzene rings is 2. The van der Waals surface area contributed by atoms with Crippen LogP contribution in [0.1, 0.15) is 37.8 Å². The number of aliphatic hydroxyl groups excluding tert-OH is 1. The van der Waals surface area contributed by atoms with Gasteiger partial charge in [-0.1, -0.05) is 37.2 Å². The Hall–Kier alpha value is -3.64. The predicted octanol–water partition coefficient (Wildman–Crippen LogP) is 3.87. The maximum atomic E-state index is 12.8. The maximum absolute atomic E-state index is 12.8. The molecule has 0 heterocycles. The van der Waals surface area contributed by atoms with E-state index >= 15 is 0 Å². The van der Waals surface area contributed by atoms with Crippen molar-refractivity contribution in [3.63, 3.8) is 0 Å². The molecular formula is C25H32N4O8S. The monoisotopic (exact) mass is 548 g/mol. The summed E-state index contributed by atoms with van der Waals surface area (Å²) in [4.78, 5) is 27.2. The average Bonchev–Trinajstić information content (AvgIpc) is 2.86. The van der Waals surface area contributed by atoms with Crippen molar-refractivity contribution in [2.45, 2.75) is 57.3 Å². The zero-order chi connectivity index (χ0) is 28.3. The first-order valence-corrected chi connectivity index (χ1v) is 13.2. The molecule has 1 unspecified atom stereocenters. The maximum Gasteiger partial charge on any atom is 0.305 e. The number of amides is 1. The molecule has 2 rings (SSSR count). The number of nitrogens with one attached hydrogen (secondary N) is 1. The number of aliphatic hydroxyl groups is 1. The number of methoxy groups -OCH3 is 1. The quantitative estimate of drug-likeness (QED) is 0.0892. The number of hydrogen-bond donors (Lipinski definition) is 2. The Balaban J connectivity index is 2.16. The number of aryl methyl sites for hydroxylation is 1. The van der Waals surface area contributed by atoms with Gasteiger partial charge in [-0.3, -0.25) is 9.59 Å². The van der Waals surface area contributed by atoms with Crippen LogP contribution < -0.4 is 10.1 Å². The fourth-order valence-electron chi connectivity index (χ4n) is 3.45. The summed E-state index contributed by atoms with van der Waals surface area (Å²) in [6.45, 7) is 5.07. The standard InChI is InChI=1S/C25H32N4O8S/c1-16(2)24(28-29-26)25(32)27-20-9-6-10-21(19(20)11-12-22(30)35-4)36-14-13-23(31)37-38(33,34)18-8-5-7-17(3)15-18/h5-10,15-16,23-24,31H,11-14H2,1-4H3,(H,27,32)/t23?,24-/m0/s1. The lowest BCUT2D eigenvalue weighted by Crippen LogP contribution is -2.30. The number of esters is 1. The number of nitrogens with zero attached hydrogens (tertiary/aromatic N) is 3. The van der Waals surface area contributed by atoms with Gasteiger partial charge in [0.2, 0.25) is 5.91 Å². The SMILES string of the molecule is COC(=O)CCc1c(NC(=O)[C@@H](N=[N+]=[N-])C(C)C)cccc1OCCC(O)OS(=O)(=O)c1cccc(C)c1. The highest BCUT2D eigenvalue weighted by atomic mass is 32.2. The van der Waals surface area contributed by atoms with Crippen molar-refractivity contribution in [3.05, 3.63) is 64.0 Å². The van der Waals surface area contributed by atoms with Crippen molar-refractivity contribution in [1.29, 1.82) is 0 Å². The summed E-state index contributed by atoms with van der Waals surface area (Å²) in [6, 6.07) is 9.96. The van der Waals surface area contributed by atoms with Gasteiger partial charge < -0.3 is 19.9 Å². The number of ether oxygens (including phenoxy) is 2. The second-order valence-corrected chi connectivity index (χ2v) is 10.3. The van der Waals surface area contributed by atoms with E-state index in [4.69, 9.17) is 19.2 Å². The minimum atomic E-state index is -4.19. The molecule has 2 aromatic rings. The highest BCUT2D eigenvalue weighted by molar-refractivity contribution is 7.86. The van der Waals surface area contributed by atoms with E-state index in [0.29, 0.717) is 17.0 Å². The van der Waals surface area contributed by atoms with E-state index in [1.807, 2.05) is 0 Å². The Morgan fingerprint density at radius 1 is 1.18 bits per heavy atom. The fraction of sp³-hybridized carbons (Fsp3) is 0.440. The topological polar surface area (TPSA) is 177 Å². The number of hydrogen-bond acceptors (Lipinski definition) is 9. The van der Waals surface area contributed by atoms with Gasteiger partial charge in [0.1, 0.15) is 11.8 Å². The molecule has 0 aliphatic carbocycles. The molecule has 0 fully saturated rings. The van der Waals surface area contributed by atoms with Crippen LogP contribution in [-0.4, -0.2) is 51.4 Å². The van der Waals surface area contributed by atoms with E-state index < -0.39 is 34.3 Å². The first-order valence-electron chi connectivity index (χ1n) is 11.8. The highest BCUT2D eigenvalue weighted by Crippen LogP contribution is 2.29. The summed E-state index contributed by atoms with van der Waals surface area (Å²) in [5, 5.41) is 16.4. The summed E-state index contributed by atoms with van der Waals surface area (Å²) in [5.74, 6) is -0.970. The van der Waals surface area contributed by atoms with Crippen LogP contribution in [0.2, 0.25) is 0 Å². The Labute approximate surface area is 221 Å². The summed E-state index contributed by atoms with van der Waals surface area (Å²) in [7, 11) is -2.93. The van der Waals surface area contributed by atoms with Crippen LogP contribution in [0.15, 0.2) is 52.5 Å². The van der Waals surface area contributed by atoms with Gasteiger partial charge in [-0.15, -0.1) is 0 Å². The lowest BCUT2D eigenvalue weighted by atomic mass is 10.0. The van der Waals surface area contributed by atoms with Crippen molar-refractivity contribution >= 4 is 27.7 Å². The van der Waals surface area contributed by atoms with Crippen molar-refractivity contribution in [2.75, 3.05) is 19.0 Å². The van der Waals surface area contributed by atoms with Gasteiger partial charge in [-0.2, -0.15) is 8.42 Å². The second-order valence-electron chi connectivity index (χ2n) is 8.70. The van der Waals surface area contributed by atoms with Crippen LogP contribution in [0.4, 0.5) is 5.69 Å². The van der Waals surface area contributed by atoms with Crippen LogP contribution in [0.5, 0.6) is 5.75 Å². The Bertz CT molecular complexity index is 1280. The molecule has 38 heavy (non-hydrogen) atoms. The third-order valence-electron chi connectivity index (χ3n) is 5.41. The molecule has 0 aromatic heterocycles. The molecule has 2 aromatic carbocycles. The Morgan fingerprint density at radius 3 is 2.53 bits per heavy atom. The van der Waals surface area contributed by atoms with Crippen LogP contribution in [-0.2, 0) is 35.0 Å². The fourth-order valence-corrected chi connectivity index (χ4v) is 4.52. The van der Waals surface area contributed by atoms with Crippen molar-refractivity contribution in [1.82, 2.24) is 0 Å². The number of azide groups is 1. The van der Waals surface area contributed by atoms with Gasteiger partial charge in [0.15, 0.2) is 6.29 Å². The lowest BCUT2D eigenvalue weighted by Gasteiger charge is -2.19. The molecule has 0 saturated carbocycles. The van der Waals surface area contributed by atoms with Crippen LogP contribution in [0.3, 0.4) is 0 Å². The summed E-state index contributed by atoms with van der Waals surface area (Å²) >= 11 is 0. The smallest absolute Gasteiger partial charge is 0.305 e. The van der Waals surface area contributed by atoms with E-state index in [2.05, 4.69) is 15.3 Å². The highest BCUT2D eigenvalue weighted by Gasteiger charge is 2.23. The van der Waals surface area contributed by atoms with Gasteiger partial charge in [0, 0.05) is 29.0 Å². The Kier molecular flexibility index (Phi) is 11.5. The normalized spacial score (nSPS) is 12.8. The minimum absolute atomic E-state index is 0.00975. The summed E-state index contributed by atoms with van der Waals surface area (Å²) in [6.07, 6.45) is -1.72. The van der Waals surface area contributed by atoms with E-state index in [1.165, 1.54) is 19.2 Å². The van der Waals surface area contributed by atoms with Gasteiger partial charge in [0.05, 0.1) is 18.6 Å². The lowest BCUT2D eigenvalue weighted by molar-refractivity contribution is -0.140. The van der Waals surface area contributed by atoms with E-state index in [0.717, 1.165) is 5.56 Å². The van der Waals surface area contributed by atoms with Gasteiger partial charge >= 0.3 is 5.97 Å². The van der Waals surface area contributed by atoms with Crippen LogP contribution in [0.25, 0.3) is 10.4 Å². The largest absolute Gasteiger partial charge is 0.493 e. The predicted molar refractivity (Wildman–Crippen MR) is 139 cm³/mol. The molecule has 2 atom stereocenters. The van der Waals surface area contributed by atoms with E-state index in [-0.39, 0.29) is 36.7 Å². The Morgan fingerprint density at radius 2 is 1.89 bits per heavy atom. The van der Waals surface area contributed by atoms with Crippen LogP contribution in [0, 0.1) is 12.8 Å². The van der Waals surface area contributed by atoms with Crippen molar-refractivity contribution < 1.29 is 36.8 Å². The third kappa shape index (κ3) is 9.03. The zero-order valence-electron chi connectivity index (χ0n) is 21.7. The molecule has 206 valence electrons. The third-order valence-corrected chi connectivity index (χ3v) is 6.72. The average molecular weight is 549 g/mol. The molecule has 2 N–H and O–H groups in total. The molecular weight excluding hydrogens is 516 g/mol. The first kappa shape index (κ1) is 30.6. The van der Waals surface area contributed by atoms with Crippen molar-refractivity contribution in [2.24, 2.45) is 11.0 Å². The van der Waals surface area contributed by atoms with E-state index in [9.17, 15) is 23.1 Å². The number of anilines is 1. The first-order chi connectivity index (χ1) is 18.0. The number of carbonyl (C=O) groups excluding carboxylic acids is 2. The molecule has 1 amide bonds. The summed E-state index contributed by atoms with van der Waals surface area (Å²) < 4.78 is 40.2. The zero-order valence-corrected chi connectivity index (χ0v) is 22.5. The molecule has 0 saturated heterocycles. The number of rotatable bonds is 14. The minimum Gasteiger partial charge on any atom is -0.493 e. The van der Waals surface area contributed by atoms with Crippen LogP contribution >= 0.6 is 0 Å². The van der Waals surface area contributed by atoms with E-state index in [1.54, 1.807) is 51.1 Å². The molecule has 13 heteroatoms. The molecule has 12 nitrogen and oxygen atoms in total. The van der Waals surface area contributed by atoms with Gasteiger partial charge in [-0.05, 0) is 54.6 Å². The molecule has 0 aliphatic heterocycles. The number of carbonyl (C=O) groups is 2. The molecule has 0 spiro atoms.